The van der Waals surface area contributed by atoms with Gasteiger partial charge >= 0.3 is 12.2 Å². The third kappa shape index (κ3) is 7.88. The van der Waals surface area contributed by atoms with Crippen LogP contribution in [-0.2, 0) is 28.7 Å². The van der Waals surface area contributed by atoms with Crippen LogP contribution in [0.1, 0.15) is 16.9 Å². The first-order valence-corrected chi connectivity index (χ1v) is 11.3. The summed E-state index contributed by atoms with van der Waals surface area (Å²) in [5.74, 6) is 0.195. The Labute approximate surface area is 207 Å². The lowest BCUT2D eigenvalue weighted by atomic mass is 10.1. The van der Waals surface area contributed by atoms with E-state index in [-0.39, 0.29) is 37.8 Å². The van der Waals surface area contributed by atoms with Gasteiger partial charge in [0.1, 0.15) is 12.3 Å². The van der Waals surface area contributed by atoms with Gasteiger partial charge in [-0.05, 0) is 36.2 Å². The Kier molecular flexibility index (Phi) is 9.52. The summed E-state index contributed by atoms with van der Waals surface area (Å²) in [4.78, 5) is 28.9. The highest BCUT2D eigenvalue weighted by Gasteiger charge is 2.34. The van der Waals surface area contributed by atoms with Gasteiger partial charge in [-0.3, -0.25) is 4.79 Å². The molecular weight excluding hydrogens is 475 g/mol. The molecule has 0 atom stereocenters. The fraction of sp³-hybridized carbons (Fsp3) is 0.308. The summed E-state index contributed by atoms with van der Waals surface area (Å²) in [5.41, 5.74) is -0.326. The third-order valence-corrected chi connectivity index (χ3v) is 5.45. The van der Waals surface area contributed by atoms with Crippen molar-refractivity contribution >= 4 is 17.6 Å². The quantitative estimate of drug-likeness (QED) is 0.397. The Hall–Kier alpha value is -3.79. The van der Waals surface area contributed by atoms with E-state index in [2.05, 4.69) is 5.32 Å². The average molecular weight is 504 g/mol. The molecule has 36 heavy (non-hydrogen) atoms. The molecule has 0 spiro atoms. The fourth-order valence-corrected chi connectivity index (χ4v) is 3.54. The second-order valence-electron chi connectivity index (χ2n) is 8.02. The largest absolute Gasteiger partial charge is 0.467 e. The molecule has 3 rings (SSSR count). The van der Waals surface area contributed by atoms with E-state index < -0.39 is 17.8 Å². The number of benzene rings is 2. The van der Waals surface area contributed by atoms with Crippen LogP contribution in [-0.4, -0.2) is 55.1 Å². The number of carbonyl (C=O) groups is 2. The van der Waals surface area contributed by atoms with E-state index in [1.807, 2.05) is 30.3 Å². The maximum Gasteiger partial charge on any atom is 0.418 e. The summed E-state index contributed by atoms with van der Waals surface area (Å²) in [6.45, 7) is 0.313. The zero-order chi connectivity index (χ0) is 26.0. The second-order valence-corrected chi connectivity index (χ2v) is 8.02. The number of amides is 3. The van der Waals surface area contributed by atoms with Crippen molar-refractivity contribution in [2.45, 2.75) is 19.1 Å². The van der Waals surface area contributed by atoms with Crippen molar-refractivity contribution in [3.8, 4) is 0 Å². The maximum atomic E-state index is 13.4. The number of halogens is 3. The van der Waals surface area contributed by atoms with Crippen LogP contribution in [0, 0.1) is 0 Å². The van der Waals surface area contributed by atoms with Crippen LogP contribution in [0.3, 0.4) is 0 Å². The Morgan fingerprint density at radius 2 is 1.67 bits per heavy atom. The number of nitrogens with one attached hydrogen (secondary N) is 1. The van der Waals surface area contributed by atoms with Crippen molar-refractivity contribution in [3.63, 3.8) is 0 Å². The SMILES string of the molecule is COCCN(CC(=O)N(CCc1ccccc1)Cc1ccco1)C(=O)Nc1ccccc1C(F)(F)F. The van der Waals surface area contributed by atoms with Gasteiger partial charge in [0, 0.05) is 20.2 Å². The van der Waals surface area contributed by atoms with Crippen LogP contribution >= 0.6 is 0 Å². The number of hydrogen-bond acceptors (Lipinski definition) is 4. The summed E-state index contributed by atoms with van der Waals surface area (Å²) in [5, 5.41) is 2.30. The van der Waals surface area contributed by atoms with Crippen molar-refractivity contribution in [1.29, 1.82) is 0 Å². The number of anilines is 1. The Morgan fingerprint density at radius 3 is 2.33 bits per heavy atom. The molecule has 1 heterocycles. The van der Waals surface area contributed by atoms with Gasteiger partial charge in [-0.1, -0.05) is 42.5 Å². The van der Waals surface area contributed by atoms with Crippen molar-refractivity contribution in [2.75, 3.05) is 38.7 Å². The van der Waals surface area contributed by atoms with E-state index >= 15 is 0 Å². The van der Waals surface area contributed by atoms with Crippen LogP contribution in [0.5, 0.6) is 0 Å². The molecule has 0 radical (unpaired) electrons. The summed E-state index contributed by atoms with van der Waals surface area (Å²) >= 11 is 0. The molecule has 1 aromatic heterocycles. The molecule has 0 saturated heterocycles. The lowest BCUT2D eigenvalue weighted by molar-refractivity contribution is -0.137. The molecule has 0 aliphatic carbocycles. The fourth-order valence-electron chi connectivity index (χ4n) is 3.54. The van der Waals surface area contributed by atoms with E-state index in [4.69, 9.17) is 9.15 Å². The van der Waals surface area contributed by atoms with E-state index in [1.54, 1.807) is 17.0 Å². The average Bonchev–Trinajstić information content (AvgIpc) is 3.37. The van der Waals surface area contributed by atoms with Crippen molar-refractivity contribution < 1.29 is 31.9 Å². The monoisotopic (exact) mass is 503 g/mol. The molecule has 10 heteroatoms. The van der Waals surface area contributed by atoms with E-state index in [0.717, 1.165) is 16.5 Å². The van der Waals surface area contributed by atoms with Gasteiger partial charge in [-0.25, -0.2) is 4.79 Å². The Morgan fingerprint density at radius 1 is 0.944 bits per heavy atom. The molecule has 0 aliphatic heterocycles. The summed E-state index contributed by atoms with van der Waals surface area (Å²) in [6, 6.07) is 16.9. The van der Waals surface area contributed by atoms with Gasteiger partial charge < -0.3 is 24.3 Å². The molecule has 0 fully saturated rings. The van der Waals surface area contributed by atoms with Crippen molar-refractivity contribution in [3.05, 3.63) is 89.9 Å². The van der Waals surface area contributed by atoms with Gasteiger partial charge in [0.15, 0.2) is 0 Å². The van der Waals surface area contributed by atoms with Gasteiger partial charge in [0.05, 0.1) is 30.7 Å². The van der Waals surface area contributed by atoms with Crippen molar-refractivity contribution in [1.82, 2.24) is 9.80 Å². The van der Waals surface area contributed by atoms with Gasteiger partial charge in [0.25, 0.3) is 0 Å². The van der Waals surface area contributed by atoms with Crippen LogP contribution in [0.2, 0.25) is 0 Å². The van der Waals surface area contributed by atoms with Crippen LogP contribution in [0.25, 0.3) is 0 Å². The standard InChI is InChI=1S/C26H28F3N3O4/c1-35-17-15-32(25(34)30-23-12-6-5-11-22(23)26(27,28)29)19-24(33)31(18-21-10-7-16-36-21)14-13-20-8-3-2-4-9-20/h2-12,16H,13-15,17-19H2,1H3,(H,30,34). The molecule has 192 valence electrons. The van der Waals surface area contributed by atoms with Gasteiger partial charge in [-0.2, -0.15) is 13.2 Å². The number of methoxy groups -OCH3 is 1. The summed E-state index contributed by atoms with van der Waals surface area (Å²) in [7, 11) is 1.43. The molecule has 3 aromatic rings. The number of para-hydroxylation sites is 1. The zero-order valence-electron chi connectivity index (χ0n) is 19.8. The lowest BCUT2D eigenvalue weighted by Gasteiger charge is -2.28. The number of alkyl halides is 3. The predicted octanol–water partition coefficient (Wildman–Crippen LogP) is 5.05. The van der Waals surface area contributed by atoms with Gasteiger partial charge in [0.2, 0.25) is 5.91 Å². The number of nitrogens with zero attached hydrogens (tertiary/aromatic N) is 2. The highest BCUT2D eigenvalue weighted by atomic mass is 19.4. The van der Waals surface area contributed by atoms with E-state index in [9.17, 15) is 22.8 Å². The van der Waals surface area contributed by atoms with Gasteiger partial charge in [-0.15, -0.1) is 0 Å². The minimum atomic E-state index is -4.64. The Bertz CT molecular complexity index is 1110. The molecule has 0 unspecified atom stereocenters. The first kappa shape index (κ1) is 26.8. The first-order chi connectivity index (χ1) is 17.3. The molecule has 3 amide bonds. The van der Waals surface area contributed by atoms with Crippen molar-refractivity contribution in [2.24, 2.45) is 0 Å². The van der Waals surface area contributed by atoms with E-state index in [0.29, 0.717) is 18.7 Å². The van der Waals surface area contributed by atoms with Crippen LogP contribution in [0.4, 0.5) is 23.7 Å². The van der Waals surface area contributed by atoms with Crippen LogP contribution in [0.15, 0.2) is 77.4 Å². The number of ether oxygens (including phenoxy) is 1. The summed E-state index contributed by atoms with van der Waals surface area (Å²) < 4.78 is 50.5. The number of hydrogen-bond donors (Lipinski definition) is 1. The lowest BCUT2D eigenvalue weighted by Crippen LogP contribution is -2.46. The molecule has 2 aromatic carbocycles. The summed E-state index contributed by atoms with van der Waals surface area (Å²) in [6.07, 6.45) is -2.56. The number of urea groups is 1. The predicted molar refractivity (Wildman–Crippen MR) is 128 cm³/mol. The molecule has 0 bridgehead atoms. The second kappa shape index (κ2) is 12.8. The number of rotatable bonds is 11. The van der Waals surface area contributed by atoms with Crippen LogP contribution < -0.4 is 5.32 Å². The zero-order valence-corrected chi connectivity index (χ0v) is 19.8. The van der Waals surface area contributed by atoms with E-state index in [1.165, 1.54) is 31.6 Å². The normalized spacial score (nSPS) is 11.2. The molecule has 0 saturated carbocycles. The Balaban J connectivity index is 1.75. The minimum absolute atomic E-state index is 0.00946. The highest BCUT2D eigenvalue weighted by molar-refractivity contribution is 5.93. The molecule has 1 N–H and O–H groups in total. The third-order valence-electron chi connectivity index (χ3n) is 5.45. The molecule has 7 nitrogen and oxygen atoms in total. The number of furan rings is 1. The highest BCUT2D eigenvalue weighted by Crippen LogP contribution is 2.34. The minimum Gasteiger partial charge on any atom is -0.467 e. The first-order valence-electron chi connectivity index (χ1n) is 11.3. The number of carbonyl (C=O) groups excluding carboxylic acids is 2. The molecule has 0 aliphatic rings. The maximum absolute atomic E-state index is 13.4. The topological polar surface area (TPSA) is 75.0 Å². The smallest absolute Gasteiger partial charge is 0.418 e. The molecular formula is C26H28F3N3O4.